The highest BCUT2D eigenvalue weighted by molar-refractivity contribution is 5.83. The van der Waals surface area contributed by atoms with Crippen molar-refractivity contribution in [2.24, 2.45) is 11.0 Å². The van der Waals surface area contributed by atoms with Crippen LogP contribution in [0.3, 0.4) is 0 Å². The van der Waals surface area contributed by atoms with Gasteiger partial charge in [0.05, 0.1) is 17.8 Å². The van der Waals surface area contributed by atoms with Crippen LogP contribution in [0.1, 0.15) is 43.2 Å². The molecule has 1 aromatic carbocycles. The maximum atomic E-state index is 11.8. The first-order chi connectivity index (χ1) is 9.29. The summed E-state index contributed by atoms with van der Waals surface area (Å²) in [6.07, 6.45) is 7.05. The van der Waals surface area contributed by atoms with Gasteiger partial charge in [0, 0.05) is 5.92 Å². The summed E-state index contributed by atoms with van der Waals surface area (Å²) in [6, 6.07) is 9.11. The van der Waals surface area contributed by atoms with Crippen LogP contribution in [0.5, 0.6) is 0 Å². The van der Waals surface area contributed by atoms with Gasteiger partial charge < -0.3 is 0 Å². The van der Waals surface area contributed by atoms with Crippen LogP contribution in [-0.2, 0) is 4.79 Å². The smallest absolute Gasteiger partial charge is 0.243 e. The molecule has 1 amide bonds. The molecule has 0 atom stereocenters. The molecule has 0 saturated heterocycles. The van der Waals surface area contributed by atoms with Gasteiger partial charge in [-0.3, -0.25) is 4.79 Å². The van der Waals surface area contributed by atoms with E-state index in [1.54, 1.807) is 30.5 Å². The van der Waals surface area contributed by atoms with Crippen LogP contribution in [0.2, 0.25) is 0 Å². The van der Waals surface area contributed by atoms with E-state index >= 15 is 0 Å². The second-order valence-electron chi connectivity index (χ2n) is 4.80. The van der Waals surface area contributed by atoms with Crippen LogP contribution < -0.4 is 5.43 Å². The average Bonchev–Trinajstić information content (AvgIpc) is 2.49. The Morgan fingerprint density at radius 2 is 1.95 bits per heavy atom. The second-order valence-corrected chi connectivity index (χ2v) is 4.80. The van der Waals surface area contributed by atoms with E-state index in [1.807, 2.05) is 0 Å². The van der Waals surface area contributed by atoms with Gasteiger partial charge in [-0.25, -0.2) is 5.43 Å². The molecule has 1 aliphatic carbocycles. The minimum atomic E-state index is 0.0181. The van der Waals surface area contributed by atoms with E-state index in [0.29, 0.717) is 5.56 Å². The first-order valence-electron chi connectivity index (χ1n) is 6.62. The Morgan fingerprint density at radius 1 is 1.26 bits per heavy atom. The molecule has 0 bridgehead atoms. The number of nitriles is 1. The number of nitrogens with one attached hydrogen (secondary N) is 1. The molecule has 1 N–H and O–H groups in total. The van der Waals surface area contributed by atoms with Crippen molar-refractivity contribution in [2.45, 2.75) is 32.1 Å². The predicted octanol–water partition coefficient (Wildman–Crippen LogP) is 2.59. The monoisotopic (exact) mass is 255 g/mol. The topological polar surface area (TPSA) is 65.2 Å². The summed E-state index contributed by atoms with van der Waals surface area (Å²) in [5.74, 6) is 0.136. The number of hydrogen-bond acceptors (Lipinski definition) is 3. The third-order valence-electron chi connectivity index (χ3n) is 3.40. The van der Waals surface area contributed by atoms with Crippen LogP contribution >= 0.6 is 0 Å². The van der Waals surface area contributed by atoms with E-state index in [9.17, 15) is 4.79 Å². The number of rotatable bonds is 3. The van der Waals surface area contributed by atoms with Crippen molar-refractivity contribution < 1.29 is 4.79 Å². The maximum Gasteiger partial charge on any atom is 0.243 e. The minimum absolute atomic E-state index is 0.0181. The summed E-state index contributed by atoms with van der Waals surface area (Å²) in [4.78, 5) is 11.8. The van der Waals surface area contributed by atoms with Crippen molar-refractivity contribution in [3.63, 3.8) is 0 Å². The van der Waals surface area contributed by atoms with Crippen molar-refractivity contribution in [1.82, 2.24) is 5.43 Å². The molecule has 1 fully saturated rings. The molecule has 0 aliphatic heterocycles. The summed E-state index contributed by atoms with van der Waals surface area (Å²) in [6.45, 7) is 0. The quantitative estimate of drug-likeness (QED) is 0.666. The second kappa shape index (κ2) is 6.69. The Labute approximate surface area is 113 Å². The molecular weight excluding hydrogens is 238 g/mol. The molecule has 1 saturated carbocycles. The van der Waals surface area contributed by atoms with E-state index in [-0.39, 0.29) is 11.8 Å². The summed E-state index contributed by atoms with van der Waals surface area (Å²) in [5, 5.41) is 12.6. The van der Waals surface area contributed by atoms with Crippen molar-refractivity contribution >= 4 is 12.1 Å². The summed E-state index contributed by atoms with van der Waals surface area (Å²) < 4.78 is 0. The minimum Gasteiger partial charge on any atom is -0.273 e. The number of hydrazone groups is 1. The summed E-state index contributed by atoms with van der Waals surface area (Å²) >= 11 is 0. The molecule has 19 heavy (non-hydrogen) atoms. The van der Waals surface area contributed by atoms with Gasteiger partial charge in [-0.2, -0.15) is 10.4 Å². The van der Waals surface area contributed by atoms with Gasteiger partial charge in [0.1, 0.15) is 0 Å². The Bertz CT molecular complexity index is 493. The number of benzene rings is 1. The van der Waals surface area contributed by atoms with Crippen LogP contribution in [0.15, 0.2) is 29.4 Å². The molecule has 98 valence electrons. The van der Waals surface area contributed by atoms with Crippen molar-refractivity contribution in [2.75, 3.05) is 0 Å². The SMILES string of the molecule is N#Cc1ccc(/C=N/NC(=O)C2CCCCC2)cc1. The third-order valence-corrected chi connectivity index (χ3v) is 3.40. The van der Waals surface area contributed by atoms with E-state index in [1.165, 1.54) is 6.42 Å². The lowest BCUT2D eigenvalue weighted by Crippen LogP contribution is -2.28. The van der Waals surface area contributed by atoms with E-state index < -0.39 is 0 Å². The molecule has 0 radical (unpaired) electrons. The molecule has 4 nitrogen and oxygen atoms in total. The standard InChI is InChI=1S/C15H17N3O/c16-10-12-6-8-13(9-7-12)11-17-18-15(19)14-4-2-1-3-5-14/h6-9,11,14H,1-5H2,(H,18,19)/b17-11+. The van der Waals surface area contributed by atoms with Crippen molar-refractivity contribution in [1.29, 1.82) is 5.26 Å². The normalized spacial score (nSPS) is 16.2. The molecular formula is C15H17N3O. The fraction of sp³-hybridized carbons (Fsp3) is 0.400. The van der Waals surface area contributed by atoms with Gasteiger partial charge in [-0.1, -0.05) is 31.4 Å². The average molecular weight is 255 g/mol. The zero-order valence-corrected chi connectivity index (χ0v) is 10.8. The predicted molar refractivity (Wildman–Crippen MR) is 73.5 cm³/mol. The van der Waals surface area contributed by atoms with E-state index in [0.717, 1.165) is 31.2 Å². The summed E-state index contributed by atoms with van der Waals surface area (Å²) in [5.41, 5.74) is 4.07. The molecule has 0 spiro atoms. The number of amides is 1. The Kier molecular flexibility index (Phi) is 4.68. The van der Waals surface area contributed by atoms with Gasteiger partial charge in [-0.05, 0) is 30.5 Å². The zero-order valence-electron chi connectivity index (χ0n) is 10.8. The fourth-order valence-electron chi connectivity index (χ4n) is 2.27. The first kappa shape index (κ1) is 13.3. The lowest BCUT2D eigenvalue weighted by atomic mass is 9.89. The first-order valence-corrected chi connectivity index (χ1v) is 6.62. The molecule has 1 aliphatic rings. The van der Waals surface area contributed by atoms with E-state index in [4.69, 9.17) is 5.26 Å². The van der Waals surface area contributed by atoms with Crippen LogP contribution in [-0.4, -0.2) is 12.1 Å². The third kappa shape index (κ3) is 3.92. The van der Waals surface area contributed by atoms with Crippen LogP contribution in [0.4, 0.5) is 0 Å². The Balaban J connectivity index is 1.85. The van der Waals surface area contributed by atoms with Crippen molar-refractivity contribution in [3.05, 3.63) is 35.4 Å². The molecule has 0 heterocycles. The highest BCUT2D eigenvalue weighted by Crippen LogP contribution is 2.23. The number of carbonyl (C=O) groups is 1. The molecule has 2 rings (SSSR count). The van der Waals surface area contributed by atoms with Gasteiger partial charge in [0.2, 0.25) is 5.91 Å². The van der Waals surface area contributed by atoms with Crippen LogP contribution in [0, 0.1) is 17.2 Å². The number of nitrogens with zero attached hydrogens (tertiary/aromatic N) is 2. The zero-order chi connectivity index (χ0) is 13.5. The highest BCUT2D eigenvalue weighted by Gasteiger charge is 2.20. The van der Waals surface area contributed by atoms with Gasteiger partial charge in [0.25, 0.3) is 0 Å². The van der Waals surface area contributed by atoms with Crippen LogP contribution in [0.25, 0.3) is 0 Å². The summed E-state index contributed by atoms with van der Waals surface area (Å²) in [7, 11) is 0. The number of carbonyl (C=O) groups excluding carboxylic acids is 1. The highest BCUT2D eigenvalue weighted by atomic mass is 16.2. The van der Waals surface area contributed by atoms with Gasteiger partial charge in [-0.15, -0.1) is 0 Å². The lowest BCUT2D eigenvalue weighted by Gasteiger charge is -2.19. The largest absolute Gasteiger partial charge is 0.273 e. The maximum absolute atomic E-state index is 11.8. The lowest BCUT2D eigenvalue weighted by molar-refractivity contribution is -0.125. The molecule has 0 aromatic heterocycles. The Morgan fingerprint density at radius 3 is 2.58 bits per heavy atom. The molecule has 1 aromatic rings. The van der Waals surface area contributed by atoms with Gasteiger partial charge >= 0.3 is 0 Å². The van der Waals surface area contributed by atoms with Gasteiger partial charge in [0.15, 0.2) is 0 Å². The molecule has 0 unspecified atom stereocenters. The van der Waals surface area contributed by atoms with Crippen molar-refractivity contribution in [3.8, 4) is 6.07 Å². The van der Waals surface area contributed by atoms with E-state index in [2.05, 4.69) is 16.6 Å². The Hall–Kier alpha value is -2.15. The molecule has 4 heteroatoms. The number of hydrogen-bond donors (Lipinski definition) is 1. The fourth-order valence-corrected chi connectivity index (χ4v) is 2.27.